The highest BCUT2D eigenvalue weighted by Crippen LogP contribution is 2.41. The molecule has 162 valence electrons. The van der Waals surface area contributed by atoms with Crippen LogP contribution in [0.5, 0.6) is 0 Å². The molecular weight excluding hydrogens is 392 g/mol. The van der Waals surface area contributed by atoms with E-state index in [0.717, 1.165) is 49.0 Å². The van der Waals surface area contributed by atoms with Crippen molar-refractivity contribution in [3.05, 3.63) is 114 Å². The monoisotopic (exact) mass is 422 g/mol. The first-order chi connectivity index (χ1) is 15.8. The second-order valence-electron chi connectivity index (χ2n) is 8.49. The SMILES string of the molecule is Cc1[nH]c(-c2ccccc2)nc1C(C(c1ccccc1)c1ccccc1)N1CCNCC1. The molecule has 0 spiro atoms. The fourth-order valence-electron chi connectivity index (χ4n) is 4.87. The molecule has 4 nitrogen and oxygen atoms in total. The Balaban J connectivity index is 1.66. The third kappa shape index (κ3) is 4.24. The van der Waals surface area contributed by atoms with E-state index < -0.39 is 0 Å². The van der Waals surface area contributed by atoms with Gasteiger partial charge in [0.15, 0.2) is 0 Å². The molecular formula is C28H30N4. The summed E-state index contributed by atoms with van der Waals surface area (Å²) in [5.74, 6) is 1.14. The van der Waals surface area contributed by atoms with Crippen LogP contribution in [0.3, 0.4) is 0 Å². The van der Waals surface area contributed by atoms with E-state index in [1.165, 1.54) is 11.1 Å². The van der Waals surface area contributed by atoms with Crippen LogP contribution in [0.4, 0.5) is 0 Å². The molecule has 0 saturated carbocycles. The van der Waals surface area contributed by atoms with Crippen molar-refractivity contribution in [2.45, 2.75) is 18.9 Å². The van der Waals surface area contributed by atoms with E-state index in [2.05, 4.69) is 107 Å². The molecule has 2 N–H and O–H groups in total. The predicted octanol–water partition coefficient (Wildman–Crippen LogP) is 5.16. The minimum Gasteiger partial charge on any atom is -0.342 e. The molecule has 1 aromatic heterocycles. The number of hydrogen-bond donors (Lipinski definition) is 2. The van der Waals surface area contributed by atoms with Gasteiger partial charge in [-0.15, -0.1) is 0 Å². The number of benzene rings is 3. The number of piperazine rings is 1. The Kier molecular flexibility index (Phi) is 6.15. The quantitative estimate of drug-likeness (QED) is 0.451. The number of imidazole rings is 1. The standard InChI is InChI=1S/C28H30N4/c1-21-26(31-28(30-21)24-15-9-4-10-16-24)27(32-19-17-29-18-20-32)25(22-11-5-2-6-12-22)23-13-7-3-8-14-23/h2-16,25,27,29H,17-20H2,1H3,(H,30,31). The van der Waals surface area contributed by atoms with Crippen LogP contribution in [0, 0.1) is 6.92 Å². The third-order valence-corrected chi connectivity index (χ3v) is 6.43. The molecule has 0 radical (unpaired) electrons. The number of aromatic amines is 1. The molecule has 1 fully saturated rings. The molecule has 1 atom stereocenters. The number of aryl methyl sites for hydroxylation is 1. The summed E-state index contributed by atoms with van der Waals surface area (Å²) in [5.41, 5.74) is 6.06. The topological polar surface area (TPSA) is 44.0 Å². The summed E-state index contributed by atoms with van der Waals surface area (Å²) >= 11 is 0. The second kappa shape index (κ2) is 9.51. The number of nitrogens with one attached hydrogen (secondary N) is 2. The van der Waals surface area contributed by atoms with E-state index in [4.69, 9.17) is 4.98 Å². The Morgan fingerprint density at radius 2 is 1.28 bits per heavy atom. The van der Waals surface area contributed by atoms with Crippen LogP contribution in [0.2, 0.25) is 0 Å². The van der Waals surface area contributed by atoms with Gasteiger partial charge in [-0.2, -0.15) is 0 Å². The van der Waals surface area contributed by atoms with Gasteiger partial charge in [0.2, 0.25) is 0 Å². The normalized spacial score (nSPS) is 15.7. The molecule has 1 saturated heterocycles. The largest absolute Gasteiger partial charge is 0.342 e. The summed E-state index contributed by atoms with van der Waals surface area (Å²) in [6.07, 6.45) is 0. The molecule has 32 heavy (non-hydrogen) atoms. The average molecular weight is 423 g/mol. The summed E-state index contributed by atoms with van der Waals surface area (Å²) < 4.78 is 0. The van der Waals surface area contributed by atoms with Crippen LogP contribution in [0.15, 0.2) is 91.0 Å². The summed E-state index contributed by atoms with van der Waals surface area (Å²) in [6.45, 7) is 6.18. The molecule has 2 heterocycles. The van der Waals surface area contributed by atoms with Gasteiger partial charge >= 0.3 is 0 Å². The van der Waals surface area contributed by atoms with Gasteiger partial charge in [0.25, 0.3) is 0 Å². The minimum absolute atomic E-state index is 0.149. The molecule has 3 aromatic carbocycles. The van der Waals surface area contributed by atoms with Crippen molar-refractivity contribution in [3.63, 3.8) is 0 Å². The van der Waals surface area contributed by atoms with Crippen molar-refractivity contribution in [1.29, 1.82) is 0 Å². The molecule has 1 unspecified atom stereocenters. The van der Waals surface area contributed by atoms with Gasteiger partial charge in [0.05, 0.1) is 11.7 Å². The molecule has 0 bridgehead atoms. The molecule has 0 aliphatic carbocycles. The van der Waals surface area contributed by atoms with Crippen molar-refractivity contribution in [2.24, 2.45) is 0 Å². The molecule has 0 amide bonds. The Labute approximate surface area is 190 Å². The van der Waals surface area contributed by atoms with Crippen LogP contribution in [0.25, 0.3) is 11.4 Å². The van der Waals surface area contributed by atoms with Gasteiger partial charge < -0.3 is 10.3 Å². The lowest BCUT2D eigenvalue weighted by atomic mass is 9.82. The van der Waals surface area contributed by atoms with Crippen molar-refractivity contribution >= 4 is 0 Å². The van der Waals surface area contributed by atoms with Crippen LogP contribution < -0.4 is 5.32 Å². The number of hydrogen-bond acceptors (Lipinski definition) is 3. The lowest BCUT2D eigenvalue weighted by Gasteiger charge is -2.39. The predicted molar refractivity (Wildman–Crippen MR) is 131 cm³/mol. The Hall–Kier alpha value is -3.21. The van der Waals surface area contributed by atoms with Gasteiger partial charge in [0, 0.05) is 43.4 Å². The average Bonchev–Trinajstić information content (AvgIpc) is 3.25. The van der Waals surface area contributed by atoms with E-state index in [1.54, 1.807) is 0 Å². The van der Waals surface area contributed by atoms with E-state index in [-0.39, 0.29) is 12.0 Å². The Bertz CT molecular complexity index is 1080. The highest BCUT2D eigenvalue weighted by molar-refractivity contribution is 5.56. The van der Waals surface area contributed by atoms with E-state index in [1.807, 2.05) is 6.07 Å². The van der Waals surface area contributed by atoms with Crippen LogP contribution >= 0.6 is 0 Å². The fraction of sp³-hybridized carbons (Fsp3) is 0.250. The third-order valence-electron chi connectivity index (χ3n) is 6.43. The molecule has 4 aromatic rings. The van der Waals surface area contributed by atoms with Crippen molar-refractivity contribution in [3.8, 4) is 11.4 Å². The van der Waals surface area contributed by atoms with Crippen LogP contribution in [0.1, 0.15) is 34.5 Å². The van der Waals surface area contributed by atoms with Crippen LogP contribution in [-0.2, 0) is 0 Å². The first-order valence-electron chi connectivity index (χ1n) is 11.5. The summed E-state index contributed by atoms with van der Waals surface area (Å²) in [5, 5.41) is 3.52. The zero-order chi connectivity index (χ0) is 21.8. The minimum atomic E-state index is 0.149. The Morgan fingerprint density at radius 3 is 1.84 bits per heavy atom. The number of H-pyrrole nitrogens is 1. The highest BCUT2D eigenvalue weighted by Gasteiger charge is 2.35. The zero-order valence-corrected chi connectivity index (χ0v) is 18.5. The molecule has 5 rings (SSSR count). The smallest absolute Gasteiger partial charge is 0.137 e. The maximum atomic E-state index is 5.21. The Morgan fingerprint density at radius 1 is 0.750 bits per heavy atom. The highest BCUT2D eigenvalue weighted by atomic mass is 15.2. The molecule has 4 heteroatoms. The number of aromatic nitrogens is 2. The molecule has 1 aliphatic heterocycles. The maximum Gasteiger partial charge on any atom is 0.137 e. The zero-order valence-electron chi connectivity index (χ0n) is 18.5. The number of nitrogens with zero attached hydrogens (tertiary/aromatic N) is 2. The lowest BCUT2D eigenvalue weighted by Crippen LogP contribution is -2.47. The fourth-order valence-corrected chi connectivity index (χ4v) is 4.87. The van der Waals surface area contributed by atoms with Crippen molar-refractivity contribution < 1.29 is 0 Å². The first kappa shape index (κ1) is 20.7. The maximum absolute atomic E-state index is 5.21. The number of rotatable bonds is 6. The second-order valence-corrected chi connectivity index (χ2v) is 8.49. The van der Waals surface area contributed by atoms with Crippen LogP contribution in [-0.4, -0.2) is 41.0 Å². The lowest BCUT2D eigenvalue weighted by molar-refractivity contribution is 0.156. The summed E-state index contributed by atoms with van der Waals surface area (Å²) in [7, 11) is 0. The summed E-state index contributed by atoms with van der Waals surface area (Å²) in [6, 6.07) is 32.4. The van der Waals surface area contributed by atoms with Crippen molar-refractivity contribution in [2.75, 3.05) is 26.2 Å². The van der Waals surface area contributed by atoms with Gasteiger partial charge in [-0.1, -0.05) is 91.0 Å². The molecule has 1 aliphatic rings. The first-order valence-corrected chi connectivity index (χ1v) is 11.5. The van der Waals surface area contributed by atoms with E-state index >= 15 is 0 Å². The van der Waals surface area contributed by atoms with Gasteiger partial charge in [0.1, 0.15) is 5.82 Å². The summed E-state index contributed by atoms with van der Waals surface area (Å²) in [4.78, 5) is 11.4. The van der Waals surface area contributed by atoms with Gasteiger partial charge in [-0.25, -0.2) is 4.98 Å². The van der Waals surface area contributed by atoms with Crippen molar-refractivity contribution in [1.82, 2.24) is 20.2 Å². The van der Waals surface area contributed by atoms with E-state index in [9.17, 15) is 0 Å². The van der Waals surface area contributed by atoms with Gasteiger partial charge in [-0.05, 0) is 18.1 Å². The van der Waals surface area contributed by atoms with E-state index in [0.29, 0.717) is 0 Å². The van der Waals surface area contributed by atoms with Gasteiger partial charge in [-0.3, -0.25) is 4.90 Å².